The maximum atomic E-state index is 12.5. The highest BCUT2D eigenvalue weighted by atomic mass is 35.5. The number of fused-ring (bicyclic) bond motifs is 1. The van der Waals surface area contributed by atoms with Crippen molar-refractivity contribution in [2.45, 2.75) is 57.0 Å². The van der Waals surface area contributed by atoms with Crippen LogP contribution in [0.2, 0.25) is 5.02 Å². The Kier molecular flexibility index (Phi) is 10.5. The van der Waals surface area contributed by atoms with Gasteiger partial charge in [-0.3, -0.25) is 4.79 Å². The first-order chi connectivity index (χ1) is 20.3. The summed E-state index contributed by atoms with van der Waals surface area (Å²) in [5.41, 5.74) is 1.20. The molecule has 0 amide bonds. The van der Waals surface area contributed by atoms with Gasteiger partial charge in [-0.05, 0) is 55.4 Å². The van der Waals surface area contributed by atoms with Crippen molar-refractivity contribution in [3.63, 3.8) is 0 Å². The fourth-order valence-electron chi connectivity index (χ4n) is 5.80. The molecule has 6 rings (SSSR count). The first kappa shape index (κ1) is 30.9. The number of halogens is 4. The summed E-state index contributed by atoms with van der Waals surface area (Å²) in [5, 5.41) is 11.0. The van der Waals surface area contributed by atoms with Crippen LogP contribution in [0.4, 0.5) is 24.5 Å². The Hall–Kier alpha value is -2.54. The summed E-state index contributed by atoms with van der Waals surface area (Å²) in [6, 6.07) is 5.76. The van der Waals surface area contributed by atoms with E-state index in [1.54, 1.807) is 10.9 Å². The molecule has 4 atom stereocenters. The van der Waals surface area contributed by atoms with Gasteiger partial charge in [0.25, 0.3) is 5.56 Å². The Bertz CT molecular complexity index is 1200. The Morgan fingerprint density at radius 1 is 1.00 bits per heavy atom. The third-order valence-corrected chi connectivity index (χ3v) is 8.54. The van der Waals surface area contributed by atoms with Gasteiger partial charge in [-0.15, -0.1) is 13.2 Å². The zero-order valence-electron chi connectivity index (χ0n) is 23.4. The van der Waals surface area contributed by atoms with Crippen LogP contribution in [0.15, 0.2) is 35.3 Å². The van der Waals surface area contributed by atoms with E-state index in [1.807, 2.05) is 0 Å². The molecule has 2 aliphatic carbocycles. The van der Waals surface area contributed by atoms with Crippen molar-refractivity contribution < 1.29 is 32.1 Å². The molecule has 4 aliphatic rings. The van der Waals surface area contributed by atoms with Crippen molar-refractivity contribution in [1.29, 1.82) is 0 Å². The predicted molar refractivity (Wildman–Crippen MR) is 152 cm³/mol. The van der Waals surface area contributed by atoms with Gasteiger partial charge < -0.3 is 29.6 Å². The quantitative estimate of drug-likeness (QED) is 0.402. The molecule has 2 aliphatic heterocycles. The summed E-state index contributed by atoms with van der Waals surface area (Å²) in [7, 11) is 0. The number of nitrogens with one attached hydrogen (secondary N) is 2. The van der Waals surface area contributed by atoms with Crippen molar-refractivity contribution in [2.75, 3.05) is 56.8 Å². The van der Waals surface area contributed by atoms with Gasteiger partial charge >= 0.3 is 6.36 Å². The number of ether oxygens (including phenoxy) is 4. The number of hydrogen-bond donors (Lipinski definition) is 2. The summed E-state index contributed by atoms with van der Waals surface area (Å²) < 4.78 is 57.5. The molecule has 9 nitrogen and oxygen atoms in total. The van der Waals surface area contributed by atoms with Crippen molar-refractivity contribution >= 4 is 23.0 Å². The van der Waals surface area contributed by atoms with Crippen molar-refractivity contribution in [2.24, 2.45) is 17.8 Å². The molecule has 0 spiro atoms. The molecule has 4 unspecified atom stereocenters. The van der Waals surface area contributed by atoms with Crippen LogP contribution in [0.1, 0.15) is 44.6 Å². The van der Waals surface area contributed by atoms with E-state index in [4.69, 9.17) is 25.8 Å². The number of hydrogen-bond acceptors (Lipinski definition) is 8. The minimum Gasteiger partial charge on any atom is -0.406 e. The van der Waals surface area contributed by atoms with E-state index in [0.29, 0.717) is 43.7 Å². The van der Waals surface area contributed by atoms with E-state index in [-0.39, 0.29) is 28.5 Å². The Morgan fingerprint density at radius 3 is 2.50 bits per heavy atom. The van der Waals surface area contributed by atoms with Crippen LogP contribution in [0.5, 0.6) is 5.75 Å². The second kappa shape index (κ2) is 14.3. The molecule has 2 N–H and O–H groups in total. The summed E-state index contributed by atoms with van der Waals surface area (Å²) >= 11 is 6.32. The van der Waals surface area contributed by atoms with Crippen LogP contribution in [-0.2, 0) is 14.2 Å². The monoisotopic (exact) mass is 614 g/mol. The summed E-state index contributed by atoms with van der Waals surface area (Å²) in [6.07, 6.45) is 3.93. The Morgan fingerprint density at radius 2 is 1.79 bits per heavy atom. The average Bonchev–Trinajstić information content (AvgIpc) is 3.79. The maximum absolute atomic E-state index is 12.5. The van der Waals surface area contributed by atoms with Crippen molar-refractivity contribution in [3.8, 4) is 5.75 Å². The number of anilines is 2. The van der Waals surface area contributed by atoms with Crippen LogP contribution < -0.4 is 20.9 Å². The zero-order chi connectivity index (χ0) is 29.5. The molecule has 1 aromatic carbocycles. The lowest BCUT2D eigenvalue weighted by Gasteiger charge is -2.24. The molecule has 42 heavy (non-hydrogen) atoms. The Labute approximate surface area is 248 Å². The van der Waals surface area contributed by atoms with Gasteiger partial charge in [-0.2, -0.15) is 5.10 Å². The topological polar surface area (TPSA) is 95.9 Å². The molecular formula is C29H38ClF3N4O5. The smallest absolute Gasteiger partial charge is 0.406 e. The molecule has 0 radical (unpaired) electrons. The summed E-state index contributed by atoms with van der Waals surface area (Å²) in [4.78, 5) is 12.5. The highest BCUT2D eigenvalue weighted by Gasteiger charge is 2.45. The fourth-order valence-corrected chi connectivity index (χ4v) is 6.00. The van der Waals surface area contributed by atoms with E-state index in [2.05, 4.69) is 20.5 Å². The lowest BCUT2D eigenvalue weighted by atomic mass is 9.96. The second-order valence-electron chi connectivity index (χ2n) is 11.3. The molecule has 2 aromatic rings. The van der Waals surface area contributed by atoms with Crippen LogP contribution in [-0.4, -0.2) is 68.4 Å². The van der Waals surface area contributed by atoms with Gasteiger partial charge in [-0.25, -0.2) is 4.68 Å². The molecule has 232 valence electrons. The van der Waals surface area contributed by atoms with E-state index in [1.165, 1.54) is 49.9 Å². The normalized spacial score (nSPS) is 25.9. The lowest BCUT2D eigenvalue weighted by Crippen LogP contribution is -2.34. The first-order valence-electron chi connectivity index (χ1n) is 14.6. The predicted octanol–water partition coefficient (Wildman–Crippen LogP) is 5.51. The zero-order valence-corrected chi connectivity index (χ0v) is 24.2. The number of benzene rings is 1. The molecule has 1 aromatic heterocycles. The lowest BCUT2D eigenvalue weighted by molar-refractivity contribution is -0.274. The molecule has 2 saturated carbocycles. The van der Waals surface area contributed by atoms with Gasteiger partial charge in [0.1, 0.15) is 10.8 Å². The van der Waals surface area contributed by atoms with Gasteiger partial charge in [0, 0.05) is 31.3 Å². The number of nitrogens with zero attached hydrogens (tertiary/aromatic N) is 2. The first-order valence-corrected chi connectivity index (χ1v) is 15.0. The van der Waals surface area contributed by atoms with Gasteiger partial charge in [0.15, 0.2) is 0 Å². The molecule has 0 bridgehead atoms. The molecule has 2 saturated heterocycles. The van der Waals surface area contributed by atoms with E-state index >= 15 is 0 Å². The van der Waals surface area contributed by atoms with E-state index in [0.717, 1.165) is 44.4 Å². The standard InChI is InChI=1S/C17H24ClN3O2.C12H14F3NO3/c18-16-15(19-7-12-10-23-9-11-6-14(11)12)8-20-21(17(16)22)13-4-2-1-3-5-13;13-12(14,15)19-10-3-1-9(2-4-10)16-7-11-8-17-5-6-18-11/h8,11-14,19H,1-7,9-10H2;1-4,11,16H,5-8H2. The van der Waals surface area contributed by atoms with Crippen molar-refractivity contribution in [1.82, 2.24) is 9.78 Å². The highest BCUT2D eigenvalue weighted by Crippen LogP contribution is 2.47. The summed E-state index contributed by atoms with van der Waals surface area (Å²) in [6.45, 7) is 4.74. The van der Waals surface area contributed by atoms with Gasteiger partial charge in [0.2, 0.25) is 0 Å². The van der Waals surface area contributed by atoms with Crippen LogP contribution in [0.25, 0.3) is 0 Å². The molecular weight excluding hydrogens is 577 g/mol. The van der Waals surface area contributed by atoms with Crippen molar-refractivity contribution in [3.05, 3.63) is 45.8 Å². The van der Waals surface area contributed by atoms with E-state index < -0.39 is 6.36 Å². The third-order valence-electron chi connectivity index (χ3n) is 8.17. The minimum atomic E-state index is -4.66. The van der Waals surface area contributed by atoms with Gasteiger partial charge in [0.05, 0.1) is 50.5 Å². The third kappa shape index (κ3) is 8.75. The fraction of sp³-hybridized carbons (Fsp3) is 0.655. The SMILES string of the molecule is FC(F)(F)Oc1ccc(NCC2COCCO2)cc1.O=c1c(Cl)c(NCC2COCC3CC23)cnn1C1CCCCC1. The summed E-state index contributed by atoms with van der Waals surface area (Å²) in [5.74, 6) is 1.81. The maximum Gasteiger partial charge on any atom is 0.573 e. The number of alkyl halides is 3. The highest BCUT2D eigenvalue weighted by molar-refractivity contribution is 6.32. The van der Waals surface area contributed by atoms with Gasteiger partial charge in [-0.1, -0.05) is 30.9 Å². The minimum absolute atomic E-state index is 0.0418. The van der Waals surface area contributed by atoms with Crippen LogP contribution in [0.3, 0.4) is 0 Å². The molecule has 4 fully saturated rings. The Balaban J connectivity index is 0.000000172. The number of aromatic nitrogens is 2. The molecule has 13 heteroatoms. The average molecular weight is 615 g/mol. The van der Waals surface area contributed by atoms with Crippen LogP contribution >= 0.6 is 11.6 Å². The molecule has 3 heterocycles. The van der Waals surface area contributed by atoms with Crippen LogP contribution in [0, 0.1) is 17.8 Å². The van der Waals surface area contributed by atoms with E-state index in [9.17, 15) is 18.0 Å². The second-order valence-corrected chi connectivity index (χ2v) is 11.7. The largest absolute Gasteiger partial charge is 0.573 e. The number of rotatable bonds is 8.